The van der Waals surface area contributed by atoms with Gasteiger partial charge in [0.15, 0.2) is 11.5 Å². The van der Waals surface area contributed by atoms with Gasteiger partial charge in [0.2, 0.25) is 5.75 Å². The van der Waals surface area contributed by atoms with Gasteiger partial charge >= 0.3 is 6.18 Å². The number of hydrogen-bond acceptors (Lipinski definition) is 5. The second-order valence-electron chi connectivity index (χ2n) is 4.76. The molecule has 1 amide bonds. The zero-order valence-corrected chi connectivity index (χ0v) is 12.9. The fourth-order valence-electron chi connectivity index (χ4n) is 1.80. The van der Waals surface area contributed by atoms with Crippen LogP contribution >= 0.6 is 11.6 Å². The molecule has 2 aromatic rings. The van der Waals surface area contributed by atoms with Crippen LogP contribution in [0.25, 0.3) is 0 Å². The van der Waals surface area contributed by atoms with E-state index in [-0.39, 0.29) is 11.1 Å². The highest BCUT2D eigenvalue weighted by Gasteiger charge is 2.33. The molecule has 0 aliphatic rings. The highest BCUT2D eigenvalue weighted by atomic mass is 35.5. The summed E-state index contributed by atoms with van der Waals surface area (Å²) in [6.45, 7) is 0. The molecule has 0 aliphatic heterocycles. The van der Waals surface area contributed by atoms with Gasteiger partial charge in [0.1, 0.15) is 0 Å². The molecule has 0 fully saturated rings. The smallest absolute Gasteiger partial charge is 0.417 e. The van der Waals surface area contributed by atoms with Gasteiger partial charge in [-0.15, -0.1) is 0 Å². The SMILES string of the molecule is O=C(N/N=C\c1ccc(O)c(O)c1O)c1ccc(Cl)c(C(F)(F)F)c1. The van der Waals surface area contributed by atoms with Crippen LogP contribution in [-0.4, -0.2) is 27.4 Å². The fourth-order valence-corrected chi connectivity index (χ4v) is 2.02. The van der Waals surface area contributed by atoms with Crippen molar-refractivity contribution in [3.05, 3.63) is 52.0 Å². The first-order valence-corrected chi connectivity index (χ1v) is 6.93. The Labute approximate surface area is 143 Å². The van der Waals surface area contributed by atoms with Gasteiger partial charge in [-0.2, -0.15) is 18.3 Å². The van der Waals surface area contributed by atoms with Crippen LogP contribution in [0.15, 0.2) is 35.4 Å². The molecule has 0 saturated carbocycles. The second kappa shape index (κ2) is 6.89. The third-order valence-corrected chi connectivity index (χ3v) is 3.39. The minimum absolute atomic E-state index is 0.0392. The Morgan fingerprint density at radius 1 is 1.12 bits per heavy atom. The Balaban J connectivity index is 2.17. The molecule has 0 radical (unpaired) electrons. The maximum absolute atomic E-state index is 12.8. The molecule has 0 heterocycles. The summed E-state index contributed by atoms with van der Waals surface area (Å²) < 4.78 is 38.3. The number of phenolic OH excluding ortho intramolecular Hbond substituents is 3. The van der Waals surface area contributed by atoms with E-state index in [2.05, 4.69) is 5.10 Å². The van der Waals surface area contributed by atoms with Gasteiger partial charge < -0.3 is 15.3 Å². The van der Waals surface area contributed by atoms with Crippen molar-refractivity contribution in [1.82, 2.24) is 5.43 Å². The molecule has 132 valence electrons. The van der Waals surface area contributed by atoms with Crippen LogP contribution in [-0.2, 0) is 6.18 Å². The fraction of sp³-hybridized carbons (Fsp3) is 0.0667. The molecule has 25 heavy (non-hydrogen) atoms. The van der Waals surface area contributed by atoms with Crippen molar-refractivity contribution in [2.45, 2.75) is 6.18 Å². The summed E-state index contributed by atoms with van der Waals surface area (Å²) in [5.41, 5.74) is 0.445. The van der Waals surface area contributed by atoms with Crippen molar-refractivity contribution < 1.29 is 33.3 Å². The third kappa shape index (κ3) is 4.13. The molecule has 0 spiro atoms. The lowest BCUT2D eigenvalue weighted by Gasteiger charge is -2.10. The van der Waals surface area contributed by atoms with Gasteiger partial charge in [0, 0.05) is 11.1 Å². The number of halogens is 4. The summed E-state index contributed by atoms with van der Waals surface area (Å²) >= 11 is 5.46. The molecule has 0 atom stereocenters. The third-order valence-electron chi connectivity index (χ3n) is 3.06. The Kier molecular flexibility index (Phi) is 5.07. The highest BCUT2D eigenvalue weighted by molar-refractivity contribution is 6.31. The van der Waals surface area contributed by atoms with E-state index in [1.807, 2.05) is 5.43 Å². The Bertz CT molecular complexity index is 853. The maximum atomic E-state index is 12.8. The number of nitrogens with zero attached hydrogens (tertiary/aromatic N) is 1. The Hall–Kier alpha value is -2.94. The number of alkyl halides is 3. The van der Waals surface area contributed by atoms with E-state index in [9.17, 15) is 33.3 Å². The summed E-state index contributed by atoms with van der Waals surface area (Å²) in [6.07, 6.45) is -3.78. The Morgan fingerprint density at radius 2 is 1.80 bits per heavy atom. The first-order valence-electron chi connectivity index (χ1n) is 6.55. The summed E-state index contributed by atoms with van der Waals surface area (Å²) in [5, 5.41) is 31.0. The highest BCUT2D eigenvalue weighted by Crippen LogP contribution is 2.36. The maximum Gasteiger partial charge on any atom is 0.417 e. The first kappa shape index (κ1) is 18.4. The molecular formula is C15H10ClF3N2O4. The largest absolute Gasteiger partial charge is 0.504 e. The predicted molar refractivity (Wildman–Crippen MR) is 83.0 cm³/mol. The number of carbonyl (C=O) groups is 1. The number of amides is 1. The number of hydrazone groups is 1. The van der Waals surface area contributed by atoms with Crippen molar-refractivity contribution >= 4 is 23.7 Å². The van der Waals surface area contributed by atoms with Crippen molar-refractivity contribution in [2.24, 2.45) is 5.10 Å². The molecule has 10 heteroatoms. The van der Waals surface area contributed by atoms with Gasteiger partial charge in [-0.25, -0.2) is 5.43 Å². The van der Waals surface area contributed by atoms with E-state index in [1.165, 1.54) is 6.07 Å². The van der Waals surface area contributed by atoms with Crippen LogP contribution in [0.3, 0.4) is 0 Å². The molecular weight excluding hydrogens is 365 g/mol. The zero-order valence-electron chi connectivity index (χ0n) is 12.2. The average Bonchev–Trinajstić information content (AvgIpc) is 2.54. The van der Waals surface area contributed by atoms with Crippen molar-refractivity contribution in [2.75, 3.05) is 0 Å². The number of aromatic hydroxyl groups is 3. The van der Waals surface area contributed by atoms with Crippen LogP contribution in [0.5, 0.6) is 17.2 Å². The van der Waals surface area contributed by atoms with Crippen LogP contribution in [0.1, 0.15) is 21.5 Å². The lowest BCUT2D eigenvalue weighted by molar-refractivity contribution is -0.137. The quantitative estimate of drug-likeness (QED) is 0.376. The molecule has 2 aromatic carbocycles. The summed E-state index contributed by atoms with van der Waals surface area (Å²) in [5.74, 6) is -2.95. The Morgan fingerprint density at radius 3 is 2.44 bits per heavy atom. The standard InChI is InChI=1S/C15H10ClF3N2O4/c16-10-3-1-7(5-9(10)15(17,18)19)14(25)21-20-6-8-2-4-11(22)13(24)12(8)23/h1-6,22-24H,(H,21,25)/b20-6-. The number of nitrogens with one attached hydrogen (secondary N) is 1. The summed E-state index contributed by atoms with van der Waals surface area (Å²) in [6, 6.07) is 4.88. The monoisotopic (exact) mass is 374 g/mol. The number of hydrogen-bond donors (Lipinski definition) is 4. The molecule has 0 aromatic heterocycles. The molecule has 0 unspecified atom stereocenters. The number of phenols is 3. The lowest BCUT2D eigenvalue weighted by atomic mass is 10.1. The van der Waals surface area contributed by atoms with E-state index in [1.54, 1.807) is 0 Å². The van der Waals surface area contributed by atoms with Gasteiger partial charge in [-0.3, -0.25) is 4.79 Å². The minimum Gasteiger partial charge on any atom is -0.504 e. The molecule has 4 N–H and O–H groups in total. The van der Waals surface area contributed by atoms with E-state index in [0.717, 1.165) is 24.4 Å². The summed E-state index contributed by atoms with van der Waals surface area (Å²) in [4.78, 5) is 11.8. The van der Waals surface area contributed by atoms with Gasteiger partial charge in [-0.05, 0) is 30.3 Å². The molecule has 0 saturated heterocycles. The average molecular weight is 375 g/mol. The number of rotatable bonds is 3. The molecule has 0 aliphatic carbocycles. The van der Waals surface area contributed by atoms with E-state index in [4.69, 9.17) is 11.6 Å². The molecule has 0 bridgehead atoms. The van der Waals surface area contributed by atoms with E-state index < -0.39 is 39.9 Å². The van der Waals surface area contributed by atoms with Crippen molar-refractivity contribution in [1.29, 1.82) is 0 Å². The minimum atomic E-state index is -4.72. The van der Waals surface area contributed by atoms with Crippen LogP contribution in [0, 0.1) is 0 Å². The van der Waals surface area contributed by atoms with E-state index >= 15 is 0 Å². The molecule has 2 rings (SSSR count). The van der Waals surface area contributed by atoms with Crippen LogP contribution in [0.4, 0.5) is 13.2 Å². The van der Waals surface area contributed by atoms with Gasteiger partial charge in [-0.1, -0.05) is 11.6 Å². The van der Waals surface area contributed by atoms with Crippen LogP contribution < -0.4 is 5.43 Å². The van der Waals surface area contributed by atoms with Gasteiger partial charge in [0.25, 0.3) is 5.91 Å². The number of benzene rings is 2. The lowest BCUT2D eigenvalue weighted by Crippen LogP contribution is -2.18. The number of carbonyl (C=O) groups excluding carboxylic acids is 1. The normalized spacial score (nSPS) is 11.7. The zero-order chi connectivity index (χ0) is 18.8. The first-order chi connectivity index (χ1) is 11.6. The van der Waals surface area contributed by atoms with Crippen molar-refractivity contribution in [3.63, 3.8) is 0 Å². The van der Waals surface area contributed by atoms with Gasteiger partial charge in [0.05, 0.1) is 16.8 Å². The predicted octanol–water partition coefficient (Wildman–Crippen LogP) is 3.24. The van der Waals surface area contributed by atoms with Crippen LogP contribution in [0.2, 0.25) is 5.02 Å². The van der Waals surface area contributed by atoms with Crippen molar-refractivity contribution in [3.8, 4) is 17.2 Å². The van der Waals surface area contributed by atoms with E-state index in [0.29, 0.717) is 6.07 Å². The second-order valence-corrected chi connectivity index (χ2v) is 5.17. The summed E-state index contributed by atoms with van der Waals surface area (Å²) in [7, 11) is 0. The molecule has 6 nitrogen and oxygen atoms in total. The topological polar surface area (TPSA) is 102 Å².